The Labute approximate surface area is 86.5 Å². The Kier molecular flexibility index (Phi) is 4.13. The standard InChI is InChI=1S/C10H20N2S/c1-3-6-12(7-9-4-5-9)8(2)10(11)13/h8-9H,3-7H2,1-2H3,(H2,11,13). The van der Waals surface area contributed by atoms with Crippen molar-refractivity contribution in [2.24, 2.45) is 11.7 Å². The van der Waals surface area contributed by atoms with Gasteiger partial charge in [-0.15, -0.1) is 0 Å². The summed E-state index contributed by atoms with van der Waals surface area (Å²) in [6.45, 7) is 6.62. The summed E-state index contributed by atoms with van der Waals surface area (Å²) in [6, 6.07) is 0.274. The maximum atomic E-state index is 5.65. The molecule has 1 atom stereocenters. The second kappa shape index (κ2) is 4.91. The lowest BCUT2D eigenvalue weighted by atomic mass is 10.2. The highest BCUT2D eigenvalue weighted by Gasteiger charge is 2.26. The zero-order chi connectivity index (χ0) is 9.84. The van der Waals surface area contributed by atoms with Gasteiger partial charge >= 0.3 is 0 Å². The third-order valence-electron chi connectivity index (χ3n) is 2.66. The van der Waals surface area contributed by atoms with Crippen LogP contribution in [0.5, 0.6) is 0 Å². The van der Waals surface area contributed by atoms with Crippen molar-refractivity contribution in [3.8, 4) is 0 Å². The summed E-state index contributed by atoms with van der Waals surface area (Å²) in [5, 5.41) is 0. The van der Waals surface area contributed by atoms with Crippen molar-refractivity contribution >= 4 is 17.2 Å². The highest BCUT2D eigenvalue weighted by Crippen LogP contribution is 2.30. The van der Waals surface area contributed by atoms with Crippen LogP contribution in [0.4, 0.5) is 0 Å². The lowest BCUT2D eigenvalue weighted by Crippen LogP contribution is -2.43. The van der Waals surface area contributed by atoms with Crippen LogP contribution in [0.3, 0.4) is 0 Å². The molecule has 1 aliphatic carbocycles. The summed E-state index contributed by atoms with van der Waals surface area (Å²) in [7, 11) is 0. The molecule has 0 heterocycles. The average molecular weight is 200 g/mol. The highest BCUT2D eigenvalue weighted by atomic mass is 32.1. The van der Waals surface area contributed by atoms with Gasteiger partial charge in [0, 0.05) is 6.54 Å². The molecule has 1 aliphatic rings. The molecular formula is C10H20N2S. The van der Waals surface area contributed by atoms with E-state index in [0.29, 0.717) is 4.99 Å². The van der Waals surface area contributed by atoms with Crippen LogP contribution in [0.15, 0.2) is 0 Å². The summed E-state index contributed by atoms with van der Waals surface area (Å²) in [4.78, 5) is 3.05. The molecule has 0 saturated heterocycles. The third kappa shape index (κ3) is 3.61. The van der Waals surface area contributed by atoms with Gasteiger partial charge in [0.05, 0.1) is 11.0 Å². The molecule has 3 heteroatoms. The van der Waals surface area contributed by atoms with E-state index in [0.717, 1.165) is 12.5 Å². The van der Waals surface area contributed by atoms with Crippen molar-refractivity contribution in [3.63, 3.8) is 0 Å². The molecule has 0 aliphatic heterocycles. The van der Waals surface area contributed by atoms with Gasteiger partial charge in [-0.05, 0) is 38.6 Å². The fraction of sp³-hybridized carbons (Fsp3) is 0.900. The molecule has 0 radical (unpaired) electrons. The number of nitrogens with zero attached hydrogens (tertiary/aromatic N) is 1. The molecule has 76 valence electrons. The first-order valence-electron chi connectivity index (χ1n) is 5.18. The summed E-state index contributed by atoms with van der Waals surface area (Å²) >= 11 is 5.02. The molecule has 1 rings (SSSR count). The number of rotatable bonds is 6. The van der Waals surface area contributed by atoms with Crippen LogP contribution < -0.4 is 5.73 Å². The topological polar surface area (TPSA) is 29.3 Å². The monoisotopic (exact) mass is 200 g/mol. The van der Waals surface area contributed by atoms with Crippen LogP contribution in [0, 0.1) is 5.92 Å². The molecule has 0 amide bonds. The first-order chi connectivity index (χ1) is 6.15. The fourth-order valence-corrected chi connectivity index (χ4v) is 1.69. The minimum Gasteiger partial charge on any atom is -0.392 e. The second-order valence-corrected chi connectivity index (χ2v) is 4.49. The van der Waals surface area contributed by atoms with Gasteiger partial charge in [0.2, 0.25) is 0 Å². The summed E-state index contributed by atoms with van der Waals surface area (Å²) in [5.74, 6) is 0.920. The Hall–Kier alpha value is -0.150. The Morgan fingerprint density at radius 1 is 1.62 bits per heavy atom. The Morgan fingerprint density at radius 3 is 2.62 bits per heavy atom. The van der Waals surface area contributed by atoms with Gasteiger partial charge in [0.1, 0.15) is 0 Å². The smallest absolute Gasteiger partial charge is 0.0899 e. The van der Waals surface area contributed by atoms with E-state index in [1.165, 1.54) is 25.8 Å². The van der Waals surface area contributed by atoms with Gasteiger partial charge in [-0.3, -0.25) is 4.90 Å². The molecule has 1 unspecified atom stereocenters. The van der Waals surface area contributed by atoms with Crippen LogP contribution >= 0.6 is 12.2 Å². The van der Waals surface area contributed by atoms with Crippen LogP contribution in [-0.2, 0) is 0 Å². The van der Waals surface area contributed by atoms with Crippen molar-refractivity contribution in [2.45, 2.75) is 39.2 Å². The van der Waals surface area contributed by atoms with E-state index in [-0.39, 0.29) is 6.04 Å². The van der Waals surface area contributed by atoms with Gasteiger partial charge in [0.25, 0.3) is 0 Å². The number of nitrogens with two attached hydrogens (primary N) is 1. The summed E-state index contributed by atoms with van der Waals surface area (Å²) < 4.78 is 0. The van der Waals surface area contributed by atoms with E-state index in [1.807, 2.05) is 0 Å². The van der Waals surface area contributed by atoms with Crippen LogP contribution in [-0.4, -0.2) is 29.0 Å². The minimum absolute atomic E-state index is 0.274. The van der Waals surface area contributed by atoms with Crippen molar-refractivity contribution in [3.05, 3.63) is 0 Å². The first-order valence-corrected chi connectivity index (χ1v) is 5.59. The molecule has 0 bridgehead atoms. The Morgan fingerprint density at radius 2 is 2.23 bits per heavy atom. The summed E-state index contributed by atoms with van der Waals surface area (Å²) in [6.07, 6.45) is 3.97. The molecule has 2 N–H and O–H groups in total. The molecule has 2 nitrogen and oxygen atoms in total. The lowest BCUT2D eigenvalue weighted by Gasteiger charge is -2.27. The Balaban J connectivity index is 2.38. The van der Waals surface area contributed by atoms with Gasteiger partial charge in [0.15, 0.2) is 0 Å². The average Bonchev–Trinajstić information content (AvgIpc) is 2.86. The SMILES string of the molecule is CCCN(CC1CC1)C(C)C(N)=S. The number of thiocarbonyl (C=S) groups is 1. The summed E-state index contributed by atoms with van der Waals surface area (Å²) in [5.41, 5.74) is 5.65. The number of hydrogen-bond donors (Lipinski definition) is 1. The molecule has 0 aromatic rings. The van der Waals surface area contributed by atoms with Crippen molar-refractivity contribution in [1.82, 2.24) is 4.90 Å². The van der Waals surface area contributed by atoms with E-state index < -0.39 is 0 Å². The molecule has 1 saturated carbocycles. The van der Waals surface area contributed by atoms with E-state index in [2.05, 4.69) is 18.7 Å². The van der Waals surface area contributed by atoms with E-state index in [4.69, 9.17) is 18.0 Å². The fourth-order valence-electron chi connectivity index (χ4n) is 1.54. The minimum atomic E-state index is 0.274. The van der Waals surface area contributed by atoms with Crippen molar-refractivity contribution < 1.29 is 0 Å². The second-order valence-electron chi connectivity index (χ2n) is 4.02. The van der Waals surface area contributed by atoms with Crippen molar-refractivity contribution in [2.75, 3.05) is 13.1 Å². The van der Waals surface area contributed by atoms with E-state index >= 15 is 0 Å². The molecule has 0 spiro atoms. The van der Waals surface area contributed by atoms with Crippen molar-refractivity contribution in [1.29, 1.82) is 0 Å². The first kappa shape index (κ1) is 10.9. The number of hydrogen-bond acceptors (Lipinski definition) is 2. The predicted octanol–water partition coefficient (Wildman–Crippen LogP) is 1.78. The maximum absolute atomic E-state index is 5.65. The highest BCUT2D eigenvalue weighted by molar-refractivity contribution is 7.80. The largest absolute Gasteiger partial charge is 0.392 e. The molecular weight excluding hydrogens is 180 g/mol. The third-order valence-corrected chi connectivity index (χ3v) is 3.00. The molecule has 13 heavy (non-hydrogen) atoms. The van der Waals surface area contributed by atoms with Gasteiger partial charge in [-0.25, -0.2) is 0 Å². The predicted molar refractivity (Wildman–Crippen MR) is 60.8 cm³/mol. The molecule has 1 fully saturated rings. The lowest BCUT2D eigenvalue weighted by molar-refractivity contribution is 0.244. The quantitative estimate of drug-likeness (QED) is 0.663. The van der Waals surface area contributed by atoms with Gasteiger partial charge in [-0.1, -0.05) is 19.1 Å². The molecule has 0 aromatic carbocycles. The Bertz CT molecular complexity index is 178. The van der Waals surface area contributed by atoms with Crippen LogP contribution in [0.25, 0.3) is 0 Å². The zero-order valence-corrected chi connectivity index (χ0v) is 9.44. The van der Waals surface area contributed by atoms with Gasteiger partial charge in [-0.2, -0.15) is 0 Å². The van der Waals surface area contributed by atoms with Crippen LogP contribution in [0.2, 0.25) is 0 Å². The zero-order valence-electron chi connectivity index (χ0n) is 8.62. The van der Waals surface area contributed by atoms with Crippen LogP contribution in [0.1, 0.15) is 33.1 Å². The molecule has 0 aromatic heterocycles. The van der Waals surface area contributed by atoms with Gasteiger partial charge < -0.3 is 5.73 Å². The van der Waals surface area contributed by atoms with E-state index in [1.54, 1.807) is 0 Å². The van der Waals surface area contributed by atoms with E-state index in [9.17, 15) is 0 Å². The normalized spacial score (nSPS) is 19.0. The maximum Gasteiger partial charge on any atom is 0.0899 e.